The highest BCUT2D eigenvalue weighted by Crippen LogP contribution is 2.30. The van der Waals surface area contributed by atoms with Crippen LogP contribution in [0.4, 0.5) is 15.9 Å². The lowest BCUT2D eigenvalue weighted by atomic mass is 10.1. The van der Waals surface area contributed by atoms with Gasteiger partial charge in [0, 0.05) is 10.7 Å². The van der Waals surface area contributed by atoms with Crippen LogP contribution in [0.2, 0.25) is 10.0 Å². The lowest BCUT2D eigenvalue weighted by Crippen LogP contribution is -2.21. The quantitative estimate of drug-likeness (QED) is 0.425. The number of aliphatic hydroxyl groups excluding tert-OH is 1. The number of hydrogen-bond donors (Lipinski definition) is 3. The molecule has 0 bridgehead atoms. The zero-order chi connectivity index (χ0) is 22.3. The topological polar surface area (TPSA) is 119 Å². The average molecular weight is 461 g/mol. The minimum Gasteiger partial charge on any atom is -0.382 e. The number of benzene rings is 2. The Balaban J connectivity index is 1.62. The van der Waals surface area contributed by atoms with Crippen LogP contribution in [0, 0.1) is 12.7 Å². The molecule has 0 aliphatic rings. The highest BCUT2D eigenvalue weighted by atomic mass is 35.5. The molecular formula is C20H15Cl2FN6O2. The van der Waals surface area contributed by atoms with Crippen molar-refractivity contribution in [2.45, 2.75) is 13.0 Å². The van der Waals surface area contributed by atoms with E-state index in [0.717, 1.165) is 12.1 Å². The van der Waals surface area contributed by atoms with Gasteiger partial charge in [0.2, 0.25) is 0 Å². The summed E-state index contributed by atoms with van der Waals surface area (Å²) in [5, 5.41) is 17.5. The molecule has 2 aromatic carbocycles. The Bertz CT molecular complexity index is 1310. The Morgan fingerprint density at radius 2 is 2.00 bits per heavy atom. The fourth-order valence-electron chi connectivity index (χ4n) is 3.14. The van der Waals surface area contributed by atoms with Gasteiger partial charge in [-0.1, -0.05) is 23.2 Å². The first-order valence-electron chi connectivity index (χ1n) is 8.95. The largest absolute Gasteiger partial charge is 0.382 e. The average Bonchev–Trinajstić information content (AvgIpc) is 3.04. The molecule has 0 aliphatic heterocycles. The van der Waals surface area contributed by atoms with Gasteiger partial charge >= 0.3 is 0 Å². The number of aliphatic hydroxyl groups is 1. The van der Waals surface area contributed by atoms with E-state index >= 15 is 0 Å². The molecule has 8 nitrogen and oxygen atoms in total. The summed E-state index contributed by atoms with van der Waals surface area (Å²) in [5.41, 5.74) is 8.58. The Hall–Kier alpha value is -3.27. The standard InChI is InChI=1S/C20H15Cl2FN6O2/c1-9-16-17(19(24)26-8-25-16)29(28-9)15-3-2-13(7-14(15)22)27-20(31)18(30)10-4-11(21)6-12(23)5-10/h2-8,18,30H,1H3,(H,27,31)(H2,24,25,26)/t18-/m1/s1. The molecule has 4 aromatic rings. The second kappa shape index (κ2) is 8.10. The van der Waals surface area contributed by atoms with Gasteiger partial charge < -0.3 is 16.2 Å². The summed E-state index contributed by atoms with van der Waals surface area (Å²) in [6.07, 6.45) is -0.269. The summed E-state index contributed by atoms with van der Waals surface area (Å²) in [4.78, 5) is 20.6. The molecular weight excluding hydrogens is 446 g/mol. The first-order chi connectivity index (χ1) is 14.7. The molecule has 0 spiro atoms. The van der Waals surface area contributed by atoms with Crippen molar-refractivity contribution >= 4 is 51.6 Å². The third kappa shape index (κ3) is 4.02. The van der Waals surface area contributed by atoms with Crippen LogP contribution in [0.25, 0.3) is 16.7 Å². The Labute approximate surface area is 185 Å². The van der Waals surface area contributed by atoms with Crippen molar-refractivity contribution in [2.75, 3.05) is 11.1 Å². The van der Waals surface area contributed by atoms with E-state index < -0.39 is 17.8 Å². The minimum absolute atomic E-state index is 0.0270. The number of halogens is 3. The van der Waals surface area contributed by atoms with Gasteiger partial charge in [0.1, 0.15) is 23.2 Å². The summed E-state index contributed by atoms with van der Waals surface area (Å²) < 4.78 is 15.0. The third-order valence-electron chi connectivity index (χ3n) is 4.55. The number of anilines is 2. The van der Waals surface area contributed by atoms with Crippen LogP contribution in [-0.4, -0.2) is 30.8 Å². The number of nitrogens with zero attached hydrogens (tertiary/aromatic N) is 4. The van der Waals surface area contributed by atoms with Gasteiger partial charge in [0.25, 0.3) is 5.91 Å². The molecule has 2 heterocycles. The number of nitrogen functional groups attached to an aromatic ring is 1. The lowest BCUT2D eigenvalue weighted by molar-refractivity contribution is -0.124. The maximum atomic E-state index is 13.5. The number of rotatable bonds is 4. The van der Waals surface area contributed by atoms with Gasteiger partial charge in [-0.05, 0) is 48.9 Å². The van der Waals surface area contributed by atoms with Crippen molar-refractivity contribution in [1.82, 2.24) is 19.7 Å². The number of fused-ring (bicyclic) bond motifs is 1. The van der Waals surface area contributed by atoms with Crippen molar-refractivity contribution in [3.8, 4) is 5.69 Å². The van der Waals surface area contributed by atoms with E-state index in [-0.39, 0.29) is 21.4 Å². The van der Waals surface area contributed by atoms with E-state index in [1.54, 1.807) is 19.1 Å². The number of aromatic nitrogens is 4. The van der Waals surface area contributed by atoms with Crippen LogP contribution >= 0.6 is 23.2 Å². The second-order valence-electron chi connectivity index (χ2n) is 6.71. The maximum Gasteiger partial charge on any atom is 0.257 e. The molecule has 0 saturated heterocycles. The van der Waals surface area contributed by atoms with E-state index in [0.29, 0.717) is 28.1 Å². The first-order valence-corrected chi connectivity index (χ1v) is 9.71. The van der Waals surface area contributed by atoms with Crippen molar-refractivity contribution in [3.63, 3.8) is 0 Å². The molecule has 0 fully saturated rings. The van der Waals surface area contributed by atoms with Gasteiger partial charge in [-0.3, -0.25) is 4.79 Å². The summed E-state index contributed by atoms with van der Waals surface area (Å²) in [7, 11) is 0. The Morgan fingerprint density at radius 1 is 1.23 bits per heavy atom. The zero-order valence-electron chi connectivity index (χ0n) is 16.0. The van der Waals surface area contributed by atoms with Crippen LogP contribution in [0.15, 0.2) is 42.7 Å². The van der Waals surface area contributed by atoms with E-state index in [2.05, 4.69) is 20.4 Å². The summed E-state index contributed by atoms with van der Waals surface area (Å²) in [6.45, 7) is 1.79. The minimum atomic E-state index is -1.62. The molecule has 1 atom stereocenters. The molecule has 158 valence electrons. The number of aryl methyl sites for hydroxylation is 1. The van der Waals surface area contributed by atoms with Crippen molar-refractivity contribution in [3.05, 3.63) is 69.8 Å². The molecule has 0 saturated carbocycles. The Kier molecular flexibility index (Phi) is 5.48. The summed E-state index contributed by atoms with van der Waals surface area (Å²) in [5.74, 6) is -1.19. The zero-order valence-corrected chi connectivity index (χ0v) is 17.5. The number of amides is 1. The number of nitrogens with one attached hydrogen (secondary N) is 1. The molecule has 4 N–H and O–H groups in total. The van der Waals surface area contributed by atoms with Crippen molar-refractivity contribution in [1.29, 1.82) is 0 Å². The van der Waals surface area contributed by atoms with Crippen molar-refractivity contribution in [2.24, 2.45) is 0 Å². The lowest BCUT2D eigenvalue weighted by Gasteiger charge is -2.14. The van der Waals surface area contributed by atoms with Crippen LogP contribution in [0.5, 0.6) is 0 Å². The van der Waals surface area contributed by atoms with E-state index in [4.69, 9.17) is 28.9 Å². The van der Waals surface area contributed by atoms with Gasteiger partial charge in [-0.15, -0.1) is 0 Å². The number of carbonyl (C=O) groups is 1. The highest BCUT2D eigenvalue weighted by molar-refractivity contribution is 6.33. The smallest absolute Gasteiger partial charge is 0.257 e. The first kappa shape index (κ1) is 21.0. The number of nitrogens with two attached hydrogens (primary N) is 1. The van der Waals surface area contributed by atoms with Crippen molar-refractivity contribution < 1.29 is 14.3 Å². The van der Waals surface area contributed by atoms with Crippen LogP contribution in [0.3, 0.4) is 0 Å². The van der Waals surface area contributed by atoms with Crippen LogP contribution < -0.4 is 11.1 Å². The molecule has 2 aromatic heterocycles. The molecule has 1 amide bonds. The molecule has 11 heteroatoms. The molecule has 0 aliphatic carbocycles. The summed E-state index contributed by atoms with van der Waals surface area (Å²) in [6, 6.07) is 8.11. The van der Waals surface area contributed by atoms with E-state index in [9.17, 15) is 14.3 Å². The van der Waals surface area contributed by atoms with Gasteiger partial charge in [-0.2, -0.15) is 5.10 Å². The maximum absolute atomic E-state index is 13.5. The number of carbonyl (C=O) groups excluding carboxylic acids is 1. The fraction of sp³-hybridized carbons (Fsp3) is 0.100. The van der Waals surface area contributed by atoms with Gasteiger partial charge in [-0.25, -0.2) is 19.0 Å². The van der Waals surface area contributed by atoms with Gasteiger partial charge in [0.15, 0.2) is 11.9 Å². The predicted molar refractivity (Wildman–Crippen MR) is 116 cm³/mol. The normalized spacial score (nSPS) is 12.2. The molecule has 4 rings (SSSR count). The van der Waals surface area contributed by atoms with Gasteiger partial charge in [0.05, 0.1) is 16.4 Å². The van der Waals surface area contributed by atoms with Crippen LogP contribution in [0.1, 0.15) is 17.4 Å². The van der Waals surface area contributed by atoms with E-state index in [1.807, 2.05) is 0 Å². The third-order valence-corrected chi connectivity index (χ3v) is 5.07. The number of hydrogen-bond acceptors (Lipinski definition) is 6. The molecule has 0 radical (unpaired) electrons. The monoisotopic (exact) mass is 460 g/mol. The predicted octanol–water partition coefficient (Wildman–Crippen LogP) is 3.82. The SMILES string of the molecule is Cc1nn(-c2ccc(NC(=O)[C@H](O)c3cc(F)cc(Cl)c3)cc2Cl)c2c(N)ncnc12. The Morgan fingerprint density at radius 3 is 2.71 bits per heavy atom. The molecule has 0 unspecified atom stereocenters. The summed E-state index contributed by atoms with van der Waals surface area (Å²) >= 11 is 12.2. The van der Waals surface area contributed by atoms with Crippen LogP contribution in [-0.2, 0) is 4.79 Å². The second-order valence-corrected chi connectivity index (χ2v) is 7.56. The van der Waals surface area contributed by atoms with E-state index in [1.165, 1.54) is 23.1 Å². The molecule has 31 heavy (non-hydrogen) atoms. The fourth-order valence-corrected chi connectivity index (χ4v) is 3.63. The highest BCUT2D eigenvalue weighted by Gasteiger charge is 2.20.